The molecule has 100 valence electrons. The number of nitrogens with zero attached hydrogens (tertiary/aromatic N) is 4. The van der Waals surface area contributed by atoms with Crippen molar-refractivity contribution in [3.05, 3.63) is 59.7 Å². The highest BCUT2D eigenvalue weighted by atomic mass is 15.6. The molecular weight excluding hydrogens is 250 g/mol. The SMILES string of the molecule is Cc1ccc(Nc2nnnn2-c2ccc(C)cc2)cc1. The first-order valence-electron chi connectivity index (χ1n) is 6.41. The van der Waals surface area contributed by atoms with E-state index in [-0.39, 0.29) is 0 Å². The molecule has 0 amide bonds. The fourth-order valence-electron chi connectivity index (χ4n) is 1.89. The molecule has 2 aromatic carbocycles. The molecule has 5 heteroatoms. The third kappa shape index (κ3) is 2.51. The van der Waals surface area contributed by atoms with Crippen molar-refractivity contribution in [3.8, 4) is 5.69 Å². The first-order chi connectivity index (χ1) is 9.72. The molecule has 0 saturated carbocycles. The summed E-state index contributed by atoms with van der Waals surface area (Å²) in [4.78, 5) is 0. The van der Waals surface area contributed by atoms with Crippen LogP contribution in [-0.2, 0) is 0 Å². The molecule has 0 aliphatic rings. The van der Waals surface area contributed by atoms with Crippen molar-refractivity contribution in [2.24, 2.45) is 0 Å². The van der Waals surface area contributed by atoms with E-state index in [9.17, 15) is 0 Å². The lowest BCUT2D eigenvalue weighted by Crippen LogP contribution is -2.03. The second-order valence-electron chi connectivity index (χ2n) is 4.74. The highest BCUT2D eigenvalue weighted by Gasteiger charge is 2.08. The van der Waals surface area contributed by atoms with Crippen LogP contribution in [0.3, 0.4) is 0 Å². The standard InChI is InChI=1S/C15H15N5/c1-11-3-7-13(8-4-11)16-15-17-18-19-20(15)14-9-5-12(2)6-10-14/h3-10H,1-2H3,(H,16,17,19). The second-order valence-corrected chi connectivity index (χ2v) is 4.74. The van der Waals surface area contributed by atoms with E-state index in [1.165, 1.54) is 11.1 Å². The summed E-state index contributed by atoms with van der Waals surface area (Å²) in [5, 5.41) is 15.0. The van der Waals surface area contributed by atoms with E-state index in [1.54, 1.807) is 4.68 Å². The van der Waals surface area contributed by atoms with Gasteiger partial charge < -0.3 is 5.32 Å². The number of tetrazole rings is 1. The first-order valence-corrected chi connectivity index (χ1v) is 6.41. The Morgan fingerprint density at radius 2 is 1.45 bits per heavy atom. The van der Waals surface area contributed by atoms with Crippen molar-refractivity contribution in [3.63, 3.8) is 0 Å². The summed E-state index contributed by atoms with van der Waals surface area (Å²) in [6, 6.07) is 16.1. The Balaban J connectivity index is 1.90. The van der Waals surface area contributed by atoms with Gasteiger partial charge in [-0.05, 0) is 48.5 Å². The highest BCUT2D eigenvalue weighted by Crippen LogP contribution is 2.17. The molecule has 5 nitrogen and oxygen atoms in total. The second kappa shape index (κ2) is 5.13. The van der Waals surface area contributed by atoms with Crippen molar-refractivity contribution < 1.29 is 0 Å². The Bertz CT molecular complexity index is 698. The van der Waals surface area contributed by atoms with Gasteiger partial charge in [0, 0.05) is 5.69 Å². The number of rotatable bonds is 3. The van der Waals surface area contributed by atoms with E-state index in [4.69, 9.17) is 0 Å². The highest BCUT2D eigenvalue weighted by molar-refractivity contribution is 5.55. The van der Waals surface area contributed by atoms with Gasteiger partial charge in [0.15, 0.2) is 0 Å². The molecule has 3 aromatic rings. The fraction of sp³-hybridized carbons (Fsp3) is 0.133. The number of aromatic nitrogens is 4. The third-order valence-electron chi connectivity index (χ3n) is 3.06. The van der Waals surface area contributed by atoms with Crippen LogP contribution in [0, 0.1) is 13.8 Å². The smallest absolute Gasteiger partial charge is 0.252 e. The summed E-state index contributed by atoms with van der Waals surface area (Å²) in [6.07, 6.45) is 0. The molecule has 0 unspecified atom stereocenters. The average Bonchev–Trinajstić information content (AvgIpc) is 2.90. The fourth-order valence-corrected chi connectivity index (χ4v) is 1.89. The van der Waals surface area contributed by atoms with Gasteiger partial charge in [0.1, 0.15) is 0 Å². The first kappa shape index (κ1) is 12.3. The Morgan fingerprint density at radius 3 is 2.10 bits per heavy atom. The molecule has 0 spiro atoms. The van der Waals surface area contributed by atoms with Crippen molar-refractivity contribution in [1.29, 1.82) is 0 Å². The maximum Gasteiger partial charge on any atom is 0.252 e. The predicted molar refractivity (Wildman–Crippen MR) is 78.4 cm³/mol. The van der Waals surface area contributed by atoms with E-state index < -0.39 is 0 Å². The van der Waals surface area contributed by atoms with Gasteiger partial charge in [0.25, 0.3) is 5.95 Å². The van der Waals surface area contributed by atoms with Crippen LogP contribution in [0.5, 0.6) is 0 Å². The maximum atomic E-state index is 4.02. The van der Waals surface area contributed by atoms with Gasteiger partial charge in [-0.15, -0.1) is 0 Å². The van der Waals surface area contributed by atoms with Crippen LogP contribution in [-0.4, -0.2) is 20.2 Å². The van der Waals surface area contributed by atoms with Gasteiger partial charge in [0.2, 0.25) is 0 Å². The Morgan fingerprint density at radius 1 is 0.850 bits per heavy atom. The van der Waals surface area contributed by atoms with E-state index >= 15 is 0 Å². The maximum absolute atomic E-state index is 4.02. The quantitative estimate of drug-likeness (QED) is 0.791. The number of benzene rings is 2. The zero-order valence-corrected chi connectivity index (χ0v) is 11.4. The summed E-state index contributed by atoms with van der Waals surface area (Å²) in [6.45, 7) is 4.11. The molecule has 3 rings (SSSR count). The zero-order chi connectivity index (χ0) is 13.9. The van der Waals surface area contributed by atoms with E-state index in [2.05, 4.69) is 34.7 Å². The number of nitrogens with one attached hydrogen (secondary N) is 1. The minimum absolute atomic E-state index is 0.595. The van der Waals surface area contributed by atoms with Crippen LogP contribution in [0.4, 0.5) is 11.6 Å². The summed E-state index contributed by atoms with van der Waals surface area (Å²) < 4.78 is 1.68. The van der Waals surface area contributed by atoms with Gasteiger partial charge in [-0.2, -0.15) is 4.68 Å². The molecule has 0 saturated heterocycles. The lowest BCUT2D eigenvalue weighted by Gasteiger charge is -2.07. The molecular formula is C15H15N5. The van der Waals surface area contributed by atoms with Crippen LogP contribution in [0.1, 0.15) is 11.1 Å². The Hall–Kier alpha value is -2.69. The Labute approximate surface area is 117 Å². The molecule has 0 aliphatic heterocycles. The molecule has 20 heavy (non-hydrogen) atoms. The van der Waals surface area contributed by atoms with Crippen LogP contribution in [0.2, 0.25) is 0 Å². The number of aryl methyl sites for hydroxylation is 2. The van der Waals surface area contributed by atoms with Crippen molar-refractivity contribution >= 4 is 11.6 Å². The predicted octanol–water partition coefficient (Wildman–Crippen LogP) is 3.02. The third-order valence-corrected chi connectivity index (χ3v) is 3.06. The number of anilines is 2. The molecule has 0 aliphatic carbocycles. The number of hydrogen-bond acceptors (Lipinski definition) is 4. The molecule has 0 atom stereocenters. The average molecular weight is 265 g/mol. The van der Waals surface area contributed by atoms with E-state index in [1.807, 2.05) is 48.5 Å². The van der Waals surface area contributed by atoms with Crippen molar-refractivity contribution in [1.82, 2.24) is 20.2 Å². The van der Waals surface area contributed by atoms with Crippen LogP contribution >= 0.6 is 0 Å². The molecule has 1 aromatic heterocycles. The minimum atomic E-state index is 0.595. The summed E-state index contributed by atoms with van der Waals surface area (Å²) >= 11 is 0. The lowest BCUT2D eigenvalue weighted by atomic mass is 10.2. The van der Waals surface area contributed by atoms with Gasteiger partial charge in [-0.1, -0.05) is 40.5 Å². The minimum Gasteiger partial charge on any atom is -0.323 e. The van der Waals surface area contributed by atoms with E-state index in [0.29, 0.717) is 5.95 Å². The van der Waals surface area contributed by atoms with Gasteiger partial charge in [-0.25, -0.2) is 0 Å². The van der Waals surface area contributed by atoms with E-state index in [0.717, 1.165) is 11.4 Å². The van der Waals surface area contributed by atoms with Gasteiger partial charge in [-0.3, -0.25) is 0 Å². The summed E-state index contributed by atoms with van der Waals surface area (Å²) in [5.74, 6) is 0.595. The largest absolute Gasteiger partial charge is 0.323 e. The molecule has 1 heterocycles. The van der Waals surface area contributed by atoms with Crippen molar-refractivity contribution in [2.45, 2.75) is 13.8 Å². The Kier molecular flexibility index (Phi) is 3.16. The van der Waals surface area contributed by atoms with Crippen LogP contribution < -0.4 is 5.32 Å². The molecule has 0 radical (unpaired) electrons. The zero-order valence-electron chi connectivity index (χ0n) is 11.4. The molecule has 0 bridgehead atoms. The summed E-state index contributed by atoms with van der Waals surface area (Å²) in [5.41, 5.74) is 4.30. The van der Waals surface area contributed by atoms with Crippen molar-refractivity contribution in [2.75, 3.05) is 5.32 Å². The lowest BCUT2D eigenvalue weighted by molar-refractivity contribution is 0.791. The number of hydrogen-bond donors (Lipinski definition) is 1. The molecule has 0 fully saturated rings. The topological polar surface area (TPSA) is 55.6 Å². The summed E-state index contributed by atoms with van der Waals surface area (Å²) in [7, 11) is 0. The molecule has 1 N–H and O–H groups in total. The van der Waals surface area contributed by atoms with Gasteiger partial charge >= 0.3 is 0 Å². The van der Waals surface area contributed by atoms with Crippen LogP contribution in [0.25, 0.3) is 5.69 Å². The van der Waals surface area contributed by atoms with Gasteiger partial charge in [0.05, 0.1) is 5.69 Å². The van der Waals surface area contributed by atoms with Crippen LogP contribution in [0.15, 0.2) is 48.5 Å². The normalized spacial score (nSPS) is 10.5. The monoisotopic (exact) mass is 265 g/mol.